The van der Waals surface area contributed by atoms with Gasteiger partial charge in [0.05, 0.1) is 0 Å². The molecule has 1 aromatic rings. The maximum atomic E-state index is 11.8. The van der Waals surface area contributed by atoms with Crippen LogP contribution in [0.4, 0.5) is 0 Å². The molecule has 0 unspecified atom stereocenters. The lowest BCUT2D eigenvalue weighted by Crippen LogP contribution is -2.25. The third-order valence-corrected chi connectivity index (χ3v) is 3.36. The van der Waals surface area contributed by atoms with Crippen molar-refractivity contribution >= 4 is 5.91 Å². The van der Waals surface area contributed by atoms with Crippen LogP contribution in [0.25, 0.3) is 0 Å². The fourth-order valence-corrected chi connectivity index (χ4v) is 2.22. The van der Waals surface area contributed by atoms with Crippen LogP contribution < -0.4 is 5.32 Å². The molecular weight excluding hydrogens is 226 g/mol. The summed E-state index contributed by atoms with van der Waals surface area (Å²) in [5.41, 5.74) is 2.97. The lowest BCUT2D eigenvalue weighted by atomic mass is 9.97. The summed E-state index contributed by atoms with van der Waals surface area (Å²) in [5, 5.41) is 9.78. The number of aromatic amines is 1. The molecule has 0 saturated heterocycles. The van der Waals surface area contributed by atoms with Gasteiger partial charge >= 0.3 is 0 Å². The Labute approximate surface area is 108 Å². The number of carbonyl (C=O) groups is 1. The van der Waals surface area contributed by atoms with Gasteiger partial charge in [-0.15, -0.1) is 0 Å². The highest BCUT2D eigenvalue weighted by atomic mass is 16.1. The van der Waals surface area contributed by atoms with Gasteiger partial charge in [-0.3, -0.25) is 9.89 Å². The van der Waals surface area contributed by atoms with Gasteiger partial charge in [-0.1, -0.05) is 18.6 Å². The molecule has 0 atom stereocenters. The topological polar surface area (TPSA) is 57.8 Å². The lowest BCUT2D eigenvalue weighted by Gasteiger charge is -2.12. The second-order valence-corrected chi connectivity index (χ2v) is 4.75. The van der Waals surface area contributed by atoms with Crippen LogP contribution in [-0.4, -0.2) is 22.6 Å². The summed E-state index contributed by atoms with van der Waals surface area (Å²) in [7, 11) is 0. The van der Waals surface area contributed by atoms with Crippen molar-refractivity contribution in [2.24, 2.45) is 0 Å². The number of amides is 1. The highest BCUT2D eigenvalue weighted by Crippen LogP contribution is 2.19. The predicted molar refractivity (Wildman–Crippen MR) is 71.5 cm³/mol. The lowest BCUT2D eigenvalue weighted by molar-refractivity contribution is 0.0949. The first-order valence-corrected chi connectivity index (χ1v) is 6.80. The third kappa shape index (κ3) is 3.45. The maximum absolute atomic E-state index is 11.8. The number of hydrogen-bond donors (Lipinski definition) is 2. The molecule has 1 amide bonds. The minimum atomic E-state index is -0.0811. The van der Waals surface area contributed by atoms with Crippen LogP contribution in [0, 0.1) is 0 Å². The smallest absolute Gasteiger partial charge is 0.271 e. The fourth-order valence-electron chi connectivity index (χ4n) is 2.22. The molecule has 2 N–H and O–H groups in total. The summed E-state index contributed by atoms with van der Waals surface area (Å²) in [4.78, 5) is 11.8. The van der Waals surface area contributed by atoms with E-state index in [4.69, 9.17) is 0 Å². The minimum Gasteiger partial charge on any atom is -0.350 e. The number of aryl methyl sites for hydroxylation is 1. The molecule has 0 radical (unpaired) electrons. The Bertz CT molecular complexity index is 434. The molecule has 0 aliphatic heterocycles. The highest BCUT2D eigenvalue weighted by Gasteiger charge is 2.10. The monoisotopic (exact) mass is 247 g/mol. The first-order valence-electron chi connectivity index (χ1n) is 6.80. The molecule has 18 heavy (non-hydrogen) atoms. The minimum absolute atomic E-state index is 0.0811. The van der Waals surface area contributed by atoms with Gasteiger partial charge in [0.2, 0.25) is 0 Å². The van der Waals surface area contributed by atoms with E-state index in [1.165, 1.54) is 31.3 Å². The van der Waals surface area contributed by atoms with E-state index in [-0.39, 0.29) is 5.91 Å². The van der Waals surface area contributed by atoms with Crippen LogP contribution in [0.1, 0.15) is 55.2 Å². The van der Waals surface area contributed by atoms with Crippen molar-refractivity contribution in [3.8, 4) is 0 Å². The molecule has 1 heterocycles. The molecule has 0 aromatic carbocycles. The third-order valence-electron chi connectivity index (χ3n) is 3.36. The number of carbonyl (C=O) groups excluding carboxylic acids is 1. The second-order valence-electron chi connectivity index (χ2n) is 4.75. The van der Waals surface area contributed by atoms with Crippen molar-refractivity contribution in [3.63, 3.8) is 0 Å². The largest absolute Gasteiger partial charge is 0.350 e. The highest BCUT2D eigenvalue weighted by molar-refractivity contribution is 5.92. The summed E-state index contributed by atoms with van der Waals surface area (Å²) in [6, 6.07) is 1.81. The molecule has 0 bridgehead atoms. The molecule has 98 valence electrons. The van der Waals surface area contributed by atoms with Crippen LogP contribution in [0.15, 0.2) is 17.7 Å². The maximum Gasteiger partial charge on any atom is 0.271 e. The van der Waals surface area contributed by atoms with E-state index in [2.05, 4.69) is 21.6 Å². The summed E-state index contributed by atoms with van der Waals surface area (Å²) in [6.45, 7) is 2.74. The van der Waals surface area contributed by atoms with Crippen molar-refractivity contribution < 1.29 is 4.79 Å². The van der Waals surface area contributed by atoms with Crippen LogP contribution in [0.2, 0.25) is 0 Å². The van der Waals surface area contributed by atoms with Crippen LogP contribution in [0.3, 0.4) is 0 Å². The van der Waals surface area contributed by atoms with Gasteiger partial charge in [0.1, 0.15) is 5.69 Å². The molecule has 1 aromatic heterocycles. The molecule has 0 spiro atoms. The number of allylic oxidation sites excluding steroid dienone is 1. The predicted octanol–water partition coefficient (Wildman–Crippen LogP) is 2.59. The SMILES string of the molecule is CCc1cc(C(=O)NCCC2=CCCCC2)n[nH]1. The summed E-state index contributed by atoms with van der Waals surface area (Å²) in [6.07, 6.45) is 9.14. The Kier molecular flexibility index (Phi) is 4.56. The zero-order chi connectivity index (χ0) is 12.8. The van der Waals surface area contributed by atoms with E-state index in [9.17, 15) is 4.79 Å². The van der Waals surface area contributed by atoms with E-state index < -0.39 is 0 Å². The second kappa shape index (κ2) is 6.38. The molecule has 0 saturated carbocycles. The molecule has 0 fully saturated rings. The van der Waals surface area contributed by atoms with Gasteiger partial charge < -0.3 is 5.32 Å². The number of nitrogens with zero attached hydrogens (tertiary/aromatic N) is 1. The van der Waals surface area contributed by atoms with E-state index in [0.29, 0.717) is 12.2 Å². The van der Waals surface area contributed by atoms with Crippen molar-refractivity contribution in [1.82, 2.24) is 15.5 Å². The Balaban J connectivity index is 1.76. The molecular formula is C14H21N3O. The first-order chi connectivity index (χ1) is 8.79. The number of nitrogens with one attached hydrogen (secondary N) is 2. The van der Waals surface area contributed by atoms with Crippen molar-refractivity contribution in [2.75, 3.05) is 6.54 Å². The van der Waals surface area contributed by atoms with E-state index in [1.807, 2.05) is 13.0 Å². The molecule has 1 aliphatic rings. The van der Waals surface area contributed by atoms with E-state index >= 15 is 0 Å². The summed E-state index contributed by atoms with van der Waals surface area (Å²) >= 11 is 0. The van der Waals surface area contributed by atoms with Crippen molar-refractivity contribution in [3.05, 3.63) is 29.1 Å². The molecule has 1 aliphatic carbocycles. The Morgan fingerprint density at radius 3 is 3.06 bits per heavy atom. The number of H-pyrrole nitrogens is 1. The van der Waals surface area contributed by atoms with Gasteiger partial charge in [0.25, 0.3) is 5.91 Å². The van der Waals surface area contributed by atoms with Gasteiger partial charge in [0, 0.05) is 12.2 Å². The average molecular weight is 247 g/mol. The van der Waals surface area contributed by atoms with Gasteiger partial charge in [0.15, 0.2) is 0 Å². The Morgan fingerprint density at radius 2 is 2.39 bits per heavy atom. The normalized spacial score (nSPS) is 15.3. The van der Waals surface area contributed by atoms with Gasteiger partial charge in [-0.2, -0.15) is 5.10 Å². The van der Waals surface area contributed by atoms with Crippen molar-refractivity contribution in [1.29, 1.82) is 0 Å². The Morgan fingerprint density at radius 1 is 1.50 bits per heavy atom. The van der Waals surface area contributed by atoms with Crippen molar-refractivity contribution in [2.45, 2.75) is 45.4 Å². The van der Waals surface area contributed by atoms with Gasteiger partial charge in [-0.25, -0.2) is 0 Å². The fraction of sp³-hybridized carbons (Fsp3) is 0.571. The molecule has 4 heteroatoms. The van der Waals surface area contributed by atoms with E-state index in [1.54, 1.807) is 0 Å². The summed E-state index contributed by atoms with van der Waals surface area (Å²) < 4.78 is 0. The molecule has 2 rings (SSSR count). The average Bonchev–Trinajstić information content (AvgIpc) is 2.89. The molecule has 4 nitrogen and oxygen atoms in total. The van der Waals surface area contributed by atoms with Crippen LogP contribution in [0.5, 0.6) is 0 Å². The zero-order valence-electron chi connectivity index (χ0n) is 11.0. The van der Waals surface area contributed by atoms with Gasteiger partial charge in [-0.05, 0) is 44.6 Å². The number of hydrogen-bond acceptors (Lipinski definition) is 2. The first kappa shape index (κ1) is 12.9. The number of aromatic nitrogens is 2. The number of rotatable bonds is 5. The van der Waals surface area contributed by atoms with Crippen LogP contribution in [-0.2, 0) is 6.42 Å². The van der Waals surface area contributed by atoms with Crippen LogP contribution >= 0.6 is 0 Å². The standard InChI is InChI=1S/C14H21N3O/c1-2-12-10-13(17-16-12)14(18)15-9-8-11-6-4-3-5-7-11/h6,10H,2-5,7-9H2,1H3,(H,15,18)(H,16,17). The quantitative estimate of drug-likeness (QED) is 0.786. The van der Waals surface area contributed by atoms with E-state index in [0.717, 1.165) is 18.5 Å². The Hall–Kier alpha value is -1.58. The zero-order valence-corrected chi connectivity index (χ0v) is 11.0. The summed E-state index contributed by atoms with van der Waals surface area (Å²) in [5.74, 6) is -0.0811.